The standard InChI is InChI=1S/C26H31ClN4O4/c1-26(2,3)19-9-17(10-20(27)14-19)18(13-23(33)34)12-22(32)15-30-24(35)16-5-4-6-21(11-16)31-25-28-7-8-29-25/h4-6,9-11,14,18H,7-8,12-13,15H2,1-3H3,(H,30,35)(H,33,34)(H2,28,29,31)/t18-/m0/s1. The predicted molar refractivity (Wildman–Crippen MR) is 137 cm³/mol. The molecule has 186 valence electrons. The van der Waals surface area contributed by atoms with Crippen molar-refractivity contribution < 1.29 is 19.5 Å². The predicted octanol–water partition coefficient (Wildman–Crippen LogP) is 3.96. The van der Waals surface area contributed by atoms with E-state index in [4.69, 9.17) is 11.6 Å². The number of rotatable bonds is 9. The van der Waals surface area contributed by atoms with Crippen LogP contribution in [0.3, 0.4) is 0 Å². The Kier molecular flexibility index (Phi) is 8.51. The van der Waals surface area contributed by atoms with E-state index in [1.807, 2.05) is 39.0 Å². The van der Waals surface area contributed by atoms with Crippen molar-refractivity contribution in [1.82, 2.24) is 10.6 Å². The number of Topliss-reactive ketones (excluding diaryl/α,β-unsaturated/α-hetero) is 1. The van der Waals surface area contributed by atoms with Crippen molar-refractivity contribution in [1.29, 1.82) is 0 Å². The van der Waals surface area contributed by atoms with Gasteiger partial charge in [0.25, 0.3) is 5.91 Å². The molecule has 0 spiro atoms. The number of carboxylic acid groups (broad SMARTS) is 1. The molecule has 1 atom stereocenters. The van der Waals surface area contributed by atoms with Gasteiger partial charge in [-0.25, -0.2) is 0 Å². The summed E-state index contributed by atoms with van der Waals surface area (Å²) in [6.07, 6.45) is -0.237. The summed E-state index contributed by atoms with van der Waals surface area (Å²) in [5.74, 6) is -1.56. The summed E-state index contributed by atoms with van der Waals surface area (Å²) in [4.78, 5) is 41.1. The first kappa shape index (κ1) is 26.2. The molecule has 4 N–H and O–H groups in total. The summed E-state index contributed by atoms with van der Waals surface area (Å²) >= 11 is 6.30. The number of nitrogens with one attached hydrogen (secondary N) is 3. The fourth-order valence-electron chi connectivity index (χ4n) is 3.78. The molecule has 9 heteroatoms. The first-order valence-corrected chi connectivity index (χ1v) is 11.9. The third-order valence-corrected chi connectivity index (χ3v) is 5.88. The van der Waals surface area contributed by atoms with Crippen molar-refractivity contribution in [2.75, 3.05) is 25.0 Å². The summed E-state index contributed by atoms with van der Waals surface area (Å²) < 4.78 is 0. The number of ketones is 1. The van der Waals surface area contributed by atoms with Crippen LogP contribution in [0.4, 0.5) is 5.69 Å². The molecule has 0 saturated carbocycles. The van der Waals surface area contributed by atoms with Gasteiger partial charge in [-0.1, -0.05) is 44.5 Å². The Balaban J connectivity index is 1.65. The van der Waals surface area contributed by atoms with Crippen LogP contribution in [0.5, 0.6) is 0 Å². The molecule has 0 aliphatic carbocycles. The summed E-state index contributed by atoms with van der Waals surface area (Å²) in [7, 11) is 0. The van der Waals surface area contributed by atoms with Gasteiger partial charge in [0.15, 0.2) is 11.7 Å². The summed E-state index contributed by atoms with van der Waals surface area (Å²) in [6.45, 7) is 7.38. The van der Waals surface area contributed by atoms with Gasteiger partial charge in [-0.15, -0.1) is 0 Å². The van der Waals surface area contributed by atoms with Gasteiger partial charge < -0.3 is 21.1 Å². The molecule has 3 rings (SSSR count). The van der Waals surface area contributed by atoms with E-state index in [0.29, 0.717) is 34.3 Å². The largest absolute Gasteiger partial charge is 0.481 e. The molecular formula is C26H31ClN4O4. The third-order valence-electron chi connectivity index (χ3n) is 5.66. The van der Waals surface area contributed by atoms with Crippen LogP contribution in [-0.4, -0.2) is 48.4 Å². The lowest BCUT2D eigenvalue weighted by atomic mass is 9.83. The zero-order valence-electron chi connectivity index (χ0n) is 20.2. The average molecular weight is 499 g/mol. The Hall–Kier alpha value is -3.39. The van der Waals surface area contributed by atoms with Crippen LogP contribution in [-0.2, 0) is 15.0 Å². The van der Waals surface area contributed by atoms with E-state index in [1.54, 1.807) is 24.3 Å². The number of hydrogen-bond acceptors (Lipinski definition) is 6. The Morgan fingerprint density at radius 1 is 1.14 bits per heavy atom. The topological polar surface area (TPSA) is 120 Å². The number of amides is 1. The fraction of sp³-hybridized carbons (Fsp3) is 0.385. The monoisotopic (exact) mass is 498 g/mol. The van der Waals surface area contributed by atoms with Crippen molar-refractivity contribution in [3.05, 3.63) is 64.2 Å². The van der Waals surface area contributed by atoms with Crippen LogP contribution in [0.2, 0.25) is 5.02 Å². The molecule has 0 unspecified atom stereocenters. The second kappa shape index (κ2) is 11.4. The lowest BCUT2D eigenvalue weighted by molar-refractivity contribution is -0.137. The molecule has 0 bridgehead atoms. The van der Waals surface area contributed by atoms with Crippen LogP contribution < -0.4 is 16.0 Å². The van der Waals surface area contributed by atoms with Gasteiger partial charge in [0, 0.05) is 35.2 Å². The van der Waals surface area contributed by atoms with Gasteiger partial charge in [-0.3, -0.25) is 19.4 Å². The number of benzene rings is 2. The average Bonchev–Trinajstić information content (AvgIpc) is 3.29. The molecule has 0 radical (unpaired) electrons. The van der Waals surface area contributed by atoms with Crippen LogP contribution in [0.15, 0.2) is 47.5 Å². The van der Waals surface area contributed by atoms with Crippen LogP contribution in [0.25, 0.3) is 0 Å². The Morgan fingerprint density at radius 3 is 2.57 bits per heavy atom. The quantitative estimate of drug-likeness (QED) is 0.415. The van der Waals surface area contributed by atoms with E-state index in [9.17, 15) is 19.5 Å². The molecule has 1 amide bonds. The van der Waals surface area contributed by atoms with Gasteiger partial charge in [0.2, 0.25) is 0 Å². The first-order valence-electron chi connectivity index (χ1n) is 11.5. The highest BCUT2D eigenvalue weighted by atomic mass is 35.5. The molecule has 0 fully saturated rings. The van der Waals surface area contributed by atoms with E-state index < -0.39 is 17.8 Å². The van der Waals surface area contributed by atoms with Gasteiger partial charge in [0.05, 0.1) is 19.5 Å². The molecule has 35 heavy (non-hydrogen) atoms. The normalized spacial score (nSPS) is 14.0. The van der Waals surface area contributed by atoms with Gasteiger partial charge in [-0.2, -0.15) is 0 Å². The number of nitrogens with zero attached hydrogens (tertiary/aromatic N) is 1. The maximum absolute atomic E-state index is 12.7. The molecule has 0 aromatic heterocycles. The van der Waals surface area contributed by atoms with Crippen molar-refractivity contribution >= 4 is 40.9 Å². The maximum atomic E-state index is 12.7. The summed E-state index contributed by atoms with van der Waals surface area (Å²) in [5, 5.41) is 18.8. The number of carbonyl (C=O) groups excluding carboxylic acids is 2. The van der Waals surface area contributed by atoms with Crippen molar-refractivity contribution in [2.24, 2.45) is 4.99 Å². The smallest absolute Gasteiger partial charge is 0.303 e. The van der Waals surface area contributed by atoms with Crippen molar-refractivity contribution in [2.45, 2.75) is 44.9 Å². The lowest BCUT2D eigenvalue weighted by Crippen LogP contribution is -2.30. The molecule has 8 nitrogen and oxygen atoms in total. The fourth-order valence-corrected chi connectivity index (χ4v) is 4.03. The highest BCUT2D eigenvalue weighted by Crippen LogP contribution is 2.32. The van der Waals surface area contributed by atoms with Crippen molar-refractivity contribution in [3.8, 4) is 0 Å². The molecule has 2 aromatic carbocycles. The third kappa shape index (κ3) is 7.82. The van der Waals surface area contributed by atoms with Gasteiger partial charge >= 0.3 is 5.97 Å². The SMILES string of the molecule is CC(C)(C)c1cc(Cl)cc([C@H](CC(=O)O)CC(=O)CNC(=O)c2cccc(NC3=NCCN3)c2)c1. The zero-order valence-corrected chi connectivity index (χ0v) is 20.9. The zero-order chi connectivity index (χ0) is 25.6. The number of halogens is 1. The molecular weight excluding hydrogens is 468 g/mol. The molecule has 1 aliphatic heterocycles. The second-order valence-electron chi connectivity index (χ2n) is 9.61. The Bertz CT molecular complexity index is 1140. The number of aliphatic imine (C=N–C) groups is 1. The van der Waals surface area contributed by atoms with E-state index >= 15 is 0 Å². The molecule has 0 saturated heterocycles. The summed E-state index contributed by atoms with van der Waals surface area (Å²) in [6, 6.07) is 12.4. The minimum absolute atomic E-state index is 0.0242. The Morgan fingerprint density at radius 2 is 1.91 bits per heavy atom. The van der Waals surface area contributed by atoms with E-state index in [1.165, 1.54) is 0 Å². The van der Waals surface area contributed by atoms with Crippen LogP contribution in [0.1, 0.15) is 61.0 Å². The minimum atomic E-state index is -1.00. The van der Waals surface area contributed by atoms with Crippen LogP contribution in [0, 0.1) is 0 Å². The first-order chi connectivity index (χ1) is 16.5. The molecule has 1 heterocycles. The highest BCUT2D eigenvalue weighted by Gasteiger charge is 2.23. The van der Waals surface area contributed by atoms with E-state index in [0.717, 1.165) is 12.1 Å². The summed E-state index contributed by atoms with van der Waals surface area (Å²) in [5.41, 5.74) is 2.58. The van der Waals surface area contributed by atoms with Crippen molar-refractivity contribution in [3.63, 3.8) is 0 Å². The number of aliphatic carboxylic acids is 1. The maximum Gasteiger partial charge on any atom is 0.303 e. The molecule has 2 aromatic rings. The lowest BCUT2D eigenvalue weighted by Gasteiger charge is -2.23. The minimum Gasteiger partial charge on any atom is -0.481 e. The second-order valence-corrected chi connectivity index (χ2v) is 10.0. The number of carboxylic acids is 1. The highest BCUT2D eigenvalue weighted by molar-refractivity contribution is 6.30. The van der Waals surface area contributed by atoms with Crippen LogP contribution >= 0.6 is 11.6 Å². The van der Waals surface area contributed by atoms with Gasteiger partial charge in [0.1, 0.15) is 0 Å². The van der Waals surface area contributed by atoms with E-state index in [-0.39, 0.29) is 30.6 Å². The number of hydrogen-bond donors (Lipinski definition) is 4. The number of guanidine groups is 1. The number of anilines is 1. The van der Waals surface area contributed by atoms with E-state index in [2.05, 4.69) is 20.9 Å². The Labute approximate surface area is 210 Å². The van der Waals surface area contributed by atoms with Gasteiger partial charge in [-0.05, 0) is 46.9 Å². The molecule has 1 aliphatic rings. The number of carbonyl (C=O) groups is 3.